The average Bonchev–Trinajstić information content (AvgIpc) is 2.58. The lowest BCUT2D eigenvalue weighted by Crippen LogP contribution is -2.43. The summed E-state index contributed by atoms with van der Waals surface area (Å²) in [5.41, 5.74) is 3.57. The third-order valence-corrected chi connectivity index (χ3v) is 7.46. The van der Waals surface area contributed by atoms with Crippen LogP contribution in [0.4, 0.5) is 0 Å². The van der Waals surface area contributed by atoms with Crippen LogP contribution < -0.4 is 0 Å². The van der Waals surface area contributed by atoms with Crippen molar-refractivity contribution in [3.63, 3.8) is 0 Å². The minimum Gasteiger partial charge on any atom is -0.275 e. The molecule has 1 aliphatic heterocycles. The number of benzene rings is 1. The fourth-order valence-corrected chi connectivity index (χ4v) is 5.43. The van der Waals surface area contributed by atoms with Gasteiger partial charge in [0.1, 0.15) is 0 Å². The molecule has 7 heteroatoms. The SMILES string of the molecule is CON(C)C(=O)C1CCN(S(=O)(=O)c2c(C)c(C)cc(C)c2C)CC1. The highest BCUT2D eigenvalue weighted by molar-refractivity contribution is 7.89. The third kappa shape index (κ3) is 3.73. The first-order chi connectivity index (χ1) is 11.6. The maximum atomic E-state index is 13.2. The van der Waals surface area contributed by atoms with Gasteiger partial charge in [-0.05, 0) is 62.8 Å². The lowest BCUT2D eigenvalue weighted by Gasteiger charge is -2.32. The van der Waals surface area contributed by atoms with Crippen molar-refractivity contribution < 1.29 is 18.0 Å². The van der Waals surface area contributed by atoms with Crippen LogP contribution >= 0.6 is 0 Å². The molecule has 1 aromatic carbocycles. The van der Waals surface area contributed by atoms with Crippen LogP contribution in [0, 0.1) is 33.6 Å². The molecule has 0 radical (unpaired) electrons. The van der Waals surface area contributed by atoms with E-state index < -0.39 is 10.0 Å². The Morgan fingerprint density at radius 3 is 2.04 bits per heavy atom. The zero-order valence-corrected chi connectivity index (χ0v) is 16.7. The molecular formula is C18H28N2O4S. The van der Waals surface area contributed by atoms with Crippen LogP contribution in [-0.2, 0) is 19.7 Å². The molecule has 1 aliphatic rings. The smallest absolute Gasteiger partial charge is 0.249 e. The molecule has 0 saturated carbocycles. The van der Waals surface area contributed by atoms with Gasteiger partial charge in [0.15, 0.2) is 0 Å². The number of sulfonamides is 1. The summed E-state index contributed by atoms with van der Waals surface area (Å²) in [6.45, 7) is 8.29. The zero-order valence-electron chi connectivity index (χ0n) is 15.9. The van der Waals surface area contributed by atoms with E-state index in [1.54, 1.807) is 7.05 Å². The summed E-state index contributed by atoms with van der Waals surface area (Å²) in [7, 11) is -0.542. The second-order valence-electron chi connectivity index (χ2n) is 6.79. The Labute approximate surface area is 150 Å². The largest absolute Gasteiger partial charge is 0.275 e. The Balaban J connectivity index is 2.25. The molecule has 140 valence electrons. The van der Waals surface area contributed by atoms with Gasteiger partial charge in [-0.25, -0.2) is 13.5 Å². The maximum absolute atomic E-state index is 13.2. The van der Waals surface area contributed by atoms with E-state index in [9.17, 15) is 13.2 Å². The van der Waals surface area contributed by atoms with Crippen molar-refractivity contribution in [2.75, 3.05) is 27.2 Å². The quantitative estimate of drug-likeness (QED) is 0.765. The summed E-state index contributed by atoms with van der Waals surface area (Å²) in [5, 5.41) is 1.22. The predicted molar refractivity (Wildman–Crippen MR) is 96.7 cm³/mol. The molecule has 2 rings (SSSR count). The molecule has 25 heavy (non-hydrogen) atoms. The molecule has 0 bridgehead atoms. The number of piperidine rings is 1. The van der Waals surface area contributed by atoms with E-state index in [2.05, 4.69) is 0 Å². The molecule has 1 heterocycles. The third-order valence-electron chi connectivity index (χ3n) is 5.28. The number of carbonyl (C=O) groups excluding carboxylic acids is 1. The standard InChI is InChI=1S/C18H28N2O4S/c1-12-11-13(2)15(4)17(14(12)3)25(22,23)20-9-7-16(8-10-20)18(21)19(5)24-6/h11,16H,7-10H2,1-6H3. The number of carbonyl (C=O) groups is 1. The topological polar surface area (TPSA) is 66.9 Å². The van der Waals surface area contributed by atoms with E-state index in [4.69, 9.17) is 4.84 Å². The number of aryl methyl sites for hydroxylation is 2. The van der Waals surface area contributed by atoms with Crippen LogP contribution in [0.3, 0.4) is 0 Å². The lowest BCUT2D eigenvalue weighted by molar-refractivity contribution is -0.174. The molecular weight excluding hydrogens is 340 g/mol. The van der Waals surface area contributed by atoms with E-state index in [1.807, 2.05) is 33.8 Å². The second-order valence-corrected chi connectivity index (χ2v) is 8.66. The van der Waals surface area contributed by atoms with Crippen LogP contribution in [-0.4, -0.2) is 50.9 Å². The summed E-state index contributed by atoms with van der Waals surface area (Å²) in [4.78, 5) is 17.5. The molecule has 1 fully saturated rings. The zero-order chi connectivity index (χ0) is 18.9. The normalized spacial score (nSPS) is 16.9. The molecule has 1 saturated heterocycles. The Kier molecular flexibility index (Phi) is 5.91. The highest BCUT2D eigenvalue weighted by atomic mass is 32.2. The van der Waals surface area contributed by atoms with Crippen molar-refractivity contribution in [1.29, 1.82) is 0 Å². The first kappa shape index (κ1) is 19.9. The van der Waals surface area contributed by atoms with E-state index in [1.165, 1.54) is 16.5 Å². The monoisotopic (exact) mass is 368 g/mol. The Hall–Kier alpha value is -1.44. The second kappa shape index (κ2) is 7.43. The number of hydrogen-bond donors (Lipinski definition) is 0. The van der Waals surface area contributed by atoms with Crippen molar-refractivity contribution in [2.45, 2.75) is 45.4 Å². The van der Waals surface area contributed by atoms with E-state index in [-0.39, 0.29) is 11.8 Å². The summed E-state index contributed by atoms with van der Waals surface area (Å²) in [6, 6.07) is 2.02. The summed E-state index contributed by atoms with van der Waals surface area (Å²) < 4.78 is 27.9. The first-order valence-corrected chi connectivity index (χ1v) is 9.94. The number of amides is 1. The fourth-order valence-electron chi connectivity index (χ4n) is 3.39. The van der Waals surface area contributed by atoms with Crippen molar-refractivity contribution in [3.05, 3.63) is 28.3 Å². The molecule has 1 aromatic rings. The summed E-state index contributed by atoms with van der Waals surface area (Å²) >= 11 is 0. The summed E-state index contributed by atoms with van der Waals surface area (Å²) in [5.74, 6) is -0.295. The van der Waals surface area contributed by atoms with Crippen molar-refractivity contribution in [2.24, 2.45) is 5.92 Å². The number of rotatable bonds is 4. The molecule has 0 aliphatic carbocycles. The lowest BCUT2D eigenvalue weighted by atomic mass is 9.97. The van der Waals surface area contributed by atoms with Crippen LogP contribution in [0.1, 0.15) is 35.1 Å². The van der Waals surface area contributed by atoms with Crippen molar-refractivity contribution in [1.82, 2.24) is 9.37 Å². The molecule has 1 amide bonds. The van der Waals surface area contributed by atoms with Gasteiger partial charge in [-0.3, -0.25) is 9.63 Å². The van der Waals surface area contributed by atoms with Gasteiger partial charge < -0.3 is 0 Å². The first-order valence-electron chi connectivity index (χ1n) is 8.50. The minimum atomic E-state index is -3.57. The Morgan fingerprint density at radius 2 is 1.60 bits per heavy atom. The Morgan fingerprint density at radius 1 is 1.12 bits per heavy atom. The van der Waals surface area contributed by atoms with Gasteiger partial charge >= 0.3 is 0 Å². The van der Waals surface area contributed by atoms with E-state index in [0.717, 1.165) is 22.3 Å². The molecule has 0 unspecified atom stereocenters. The fraction of sp³-hybridized carbons (Fsp3) is 0.611. The number of hydroxylamine groups is 2. The average molecular weight is 368 g/mol. The molecule has 0 spiro atoms. The van der Waals surface area contributed by atoms with Crippen LogP contribution in [0.15, 0.2) is 11.0 Å². The van der Waals surface area contributed by atoms with E-state index >= 15 is 0 Å². The van der Waals surface area contributed by atoms with Gasteiger partial charge in [-0.1, -0.05) is 6.07 Å². The summed E-state index contributed by atoms with van der Waals surface area (Å²) in [6.07, 6.45) is 1.02. The van der Waals surface area contributed by atoms with Crippen LogP contribution in [0.25, 0.3) is 0 Å². The van der Waals surface area contributed by atoms with Gasteiger partial charge in [-0.2, -0.15) is 4.31 Å². The van der Waals surface area contributed by atoms with E-state index in [0.29, 0.717) is 30.8 Å². The molecule has 0 N–H and O–H groups in total. The Bertz CT molecular complexity index is 740. The highest BCUT2D eigenvalue weighted by Gasteiger charge is 2.35. The van der Waals surface area contributed by atoms with Crippen molar-refractivity contribution in [3.8, 4) is 0 Å². The number of hydrogen-bond acceptors (Lipinski definition) is 4. The van der Waals surface area contributed by atoms with Crippen LogP contribution in [0.2, 0.25) is 0 Å². The van der Waals surface area contributed by atoms with Gasteiger partial charge in [-0.15, -0.1) is 0 Å². The predicted octanol–water partition coefficient (Wildman–Crippen LogP) is 2.34. The molecule has 6 nitrogen and oxygen atoms in total. The minimum absolute atomic E-state index is 0.0988. The number of nitrogens with zero attached hydrogens (tertiary/aromatic N) is 2. The molecule has 0 aromatic heterocycles. The molecule has 0 atom stereocenters. The van der Waals surface area contributed by atoms with Gasteiger partial charge in [0.2, 0.25) is 15.9 Å². The van der Waals surface area contributed by atoms with Gasteiger partial charge in [0.25, 0.3) is 0 Å². The van der Waals surface area contributed by atoms with Crippen molar-refractivity contribution >= 4 is 15.9 Å². The maximum Gasteiger partial charge on any atom is 0.249 e. The highest BCUT2D eigenvalue weighted by Crippen LogP contribution is 2.31. The van der Waals surface area contributed by atoms with Crippen LogP contribution in [0.5, 0.6) is 0 Å². The van der Waals surface area contributed by atoms with Gasteiger partial charge in [0, 0.05) is 26.1 Å². The van der Waals surface area contributed by atoms with Gasteiger partial charge in [0.05, 0.1) is 12.0 Å².